The molecule has 0 saturated heterocycles. The van der Waals surface area contributed by atoms with Crippen LogP contribution in [0.5, 0.6) is 0 Å². The average molecular weight is 195 g/mol. The maximum Gasteiger partial charge on any atom is 0.353 e. The maximum atomic E-state index is 10.7. The van der Waals surface area contributed by atoms with Gasteiger partial charge in [-0.2, -0.15) is 0 Å². The highest BCUT2D eigenvalue weighted by Crippen LogP contribution is 2.13. The van der Waals surface area contributed by atoms with Gasteiger partial charge in [-0.05, 0) is 13.0 Å². The highest BCUT2D eigenvalue weighted by molar-refractivity contribution is 6.39. The van der Waals surface area contributed by atoms with Gasteiger partial charge in [0.15, 0.2) is 5.71 Å². The van der Waals surface area contributed by atoms with E-state index >= 15 is 0 Å². The van der Waals surface area contributed by atoms with E-state index < -0.39 is 12.1 Å². The number of carbonyl (C=O) groups excluding carboxylic acids is 1. The highest BCUT2D eigenvalue weighted by atomic mass is 16.5. The van der Waals surface area contributed by atoms with E-state index in [1.165, 1.54) is 12.3 Å². The van der Waals surface area contributed by atoms with Crippen LogP contribution < -0.4 is 0 Å². The third-order valence-corrected chi connectivity index (χ3v) is 1.67. The van der Waals surface area contributed by atoms with Gasteiger partial charge >= 0.3 is 5.97 Å². The zero-order valence-corrected chi connectivity index (χ0v) is 7.56. The molecule has 1 aliphatic rings. The fraction of sp³-hybridized carbons (Fsp3) is 0.333. The first-order chi connectivity index (χ1) is 6.70. The van der Waals surface area contributed by atoms with Gasteiger partial charge in [-0.25, -0.2) is 9.59 Å². The lowest BCUT2D eigenvalue weighted by atomic mass is 10.0. The smallest absolute Gasteiger partial charge is 0.353 e. The highest BCUT2D eigenvalue weighted by Gasteiger charge is 2.28. The molecule has 0 bridgehead atoms. The number of hydrogen-bond acceptors (Lipinski definition) is 4. The van der Waals surface area contributed by atoms with Crippen molar-refractivity contribution in [3.63, 3.8) is 0 Å². The molecule has 0 aromatic rings. The van der Waals surface area contributed by atoms with Crippen molar-refractivity contribution in [1.29, 1.82) is 0 Å². The molecule has 0 amide bonds. The lowest BCUT2D eigenvalue weighted by Crippen LogP contribution is -2.34. The second kappa shape index (κ2) is 4.50. The van der Waals surface area contributed by atoms with Gasteiger partial charge in [-0.15, -0.1) is 0 Å². The molecule has 1 N–H and O–H groups in total. The third kappa shape index (κ3) is 1.96. The van der Waals surface area contributed by atoms with Crippen molar-refractivity contribution >= 4 is 17.6 Å². The van der Waals surface area contributed by atoms with E-state index in [0.29, 0.717) is 6.61 Å². The lowest BCUT2D eigenvalue weighted by molar-refractivity contribution is -0.129. The summed E-state index contributed by atoms with van der Waals surface area (Å²) in [5.41, 5.74) is -0.0352. The molecule has 0 aromatic carbocycles. The molecule has 0 saturated carbocycles. The molecule has 14 heavy (non-hydrogen) atoms. The Morgan fingerprint density at radius 2 is 2.50 bits per heavy atom. The summed E-state index contributed by atoms with van der Waals surface area (Å²) in [6.07, 6.45) is 1.74. The first-order valence-corrected chi connectivity index (χ1v) is 4.04. The number of aliphatic carboxylic acids is 1. The normalized spacial score (nSPS) is 20.2. The van der Waals surface area contributed by atoms with E-state index in [0.717, 1.165) is 0 Å². The summed E-state index contributed by atoms with van der Waals surface area (Å²) in [5, 5.41) is 8.76. The molecule has 5 heteroatoms. The van der Waals surface area contributed by atoms with Gasteiger partial charge in [0.2, 0.25) is 0 Å². The monoisotopic (exact) mass is 195 g/mol. The Bertz CT molecular complexity index is 350. The predicted octanol–water partition coefficient (Wildman–Crippen LogP) is 0.202. The summed E-state index contributed by atoms with van der Waals surface area (Å²) in [4.78, 5) is 24.8. The maximum absolute atomic E-state index is 10.7. The number of carboxylic acid groups (broad SMARTS) is 1. The van der Waals surface area contributed by atoms with Gasteiger partial charge in [-0.3, -0.25) is 4.99 Å². The van der Waals surface area contributed by atoms with Crippen LogP contribution in [0.3, 0.4) is 0 Å². The molecule has 0 radical (unpaired) electrons. The number of hydrogen-bond donors (Lipinski definition) is 1. The van der Waals surface area contributed by atoms with Gasteiger partial charge in [0.05, 0.1) is 5.57 Å². The SMILES string of the molecule is CCOC1C(=C=O)C=CN=C1C(=O)O. The molecule has 0 aliphatic carbocycles. The number of carbonyl (C=O) groups is 1. The molecule has 5 nitrogen and oxygen atoms in total. The zero-order valence-electron chi connectivity index (χ0n) is 7.56. The van der Waals surface area contributed by atoms with Gasteiger partial charge in [-0.1, -0.05) is 0 Å². The van der Waals surface area contributed by atoms with Gasteiger partial charge in [0, 0.05) is 12.8 Å². The number of nitrogens with zero attached hydrogens (tertiary/aromatic N) is 1. The fourth-order valence-corrected chi connectivity index (χ4v) is 1.09. The Morgan fingerprint density at radius 1 is 1.79 bits per heavy atom. The van der Waals surface area contributed by atoms with Crippen molar-refractivity contribution < 1.29 is 19.4 Å². The number of carboxylic acids is 1. The van der Waals surface area contributed by atoms with Crippen molar-refractivity contribution in [3.05, 3.63) is 17.8 Å². The van der Waals surface area contributed by atoms with Gasteiger partial charge in [0.25, 0.3) is 0 Å². The summed E-state index contributed by atoms with van der Waals surface area (Å²) in [5.74, 6) is 0.440. The van der Waals surface area contributed by atoms with Crippen LogP contribution in [-0.4, -0.2) is 35.4 Å². The molecular weight excluding hydrogens is 186 g/mol. The van der Waals surface area contributed by atoms with Crippen molar-refractivity contribution in [2.75, 3.05) is 6.61 Å². The van der Waals surface area contributed by atoms with E-state index in [1.807, 2.05) is 0 Å². The summed E-state index contributed by atoms with van der Waals surface area (Å²) in [6.45, 7) is 2.01. The topological polar surface area (TPSA) is 76.0 Å². The van der Waals surface area contributed by atoms with Gasteiger partial charge < -0.3 is 9.84 Å². The molecule has 0 spiro atoms. The van der Waals surface area contributed by atoms with E-state index in [2.05, 4.69) is 4.99 Å². The van der Waals surface area contributed by atoms with E-state index in [4.69, 9.17) is 9.84 Å². The van der Waals surface area contributed by atoms with Crippen molar-refractivity contribution in [2.45, 2.75) is 13.0 Å². The quantitative estimate of drug-likeness (QED) is 0.653. The van der Waals surface area contributed by atoms with Crippen LogP contribution in [0.25, 0.3) is 0 Å². The molecule has 1 atom stereocenters. The van der Waals surface area contributed by atoms with E-state index in [1.54, 1.807) is 12.9 Å². The number of ether oxygens (including phenoxy) is 1. The fourth-order valence-electron chi connectivity index (χ4n) is 1.09. The number of aliphatic imine (C=N–C) groups is 1. The average Bonchev–Trinajstić information content (AvgIpc) is 2.18. The lowest BCUT2D eigenvalue weighted by Gasteiger charge is -2.17. The molecule has 0 aromatic heterocycles. The minimum absolute atomic E-state index is 0.152. The molecule has 1 aliphatic heterocycles. The van der Waals surface area contributed by atoms with Crippen molar-refractivity contribution in [2.24, 2.45) is 4.99 Å². The molecule has 1 rings (SSSR count). The van der Waals surface area contributed by atoms with Gasteiger partial charge in [0.1, 0.15) is 12.0 Å². The summed E-state index contributed by atoms with van der Waals surface area (Å²) < 4.78 is 5.10. The Labute approximate surface area is 80.4 Å². The zero-order chi connectivity index (χ0) is 10.6. The van der Waals surface area contributed by atoms with Crippen LogP contribution in [0, 0.1) is 0 Å². The Kier molecular flexibility index (Phi) is 3.34. The summed E-state index contributed by atoms with van der Waals surface area (Å²) in [7, 11) is 0. The molecule has 0 fully saturated rings. The minimum atomic E-state index is -1.19. The van der Waals surface area contributed by atoms with Crippen molar-refractivity contribution in [3.8, 4) is 0 Å². The number of rotatable bonds is 3. The summed E-state index contributed by atoms with van der Waals surface area (Å²) >= 11 is 0. The Hall–Kier alpha value is -1.71. The Morgan fingerprint density at radius 3 is 3.00 bits per heavy atom. The van der Waals surface area contributed by atoms with Crippen LogP contribution >= 0.6 is 0 Å². The third-order valence-electron chi connectivity index (χ3n) is 1.67. The molecule has 1 heterocycles. The summed E-state index contributed by atoms with van der Waals surface area (Å²) in [6, 6.07) is 0. The first kappa shape index (κ1) is 10.4. The second-order valence-corrected chi connectivity index (χ2v) is 2.53. The van der Waals surface area contributed by atoms with Crippen LogP contribution in [0.15, 0.2) is 22.8 Å². The van der Waals surface area contributed by atoms with Crippen LogP contribution in [0.4, 0.5) is 0 Å². The van der Waals surface area contributed by atoms with Crippen molar-refractivity contribution in [1.82, 2.24) is 0 Å². The molecule has 74 valence electrons. The van der Waals surface area contributed by atoms with Crippen LogP contribution in [-0.2, 0) is 14.3 Å². The van der Waals surface area contributed by atoms with Crippen LogP contribution in [0.1, 0.15) is 6.92 Å². The second-order valence-electron chi connectivity index (χ2n) is 2.53. The standard InChI is InChI=1S/C9H9NO4/c1-2-14-8-6(5-11)3-4-10-7(8)9(12)13/h3-4,8H,2H2,1H3,(H,12,13). The van der Waals surface area contributed by atoms with E-state index in [9.17, 15) is 9.59 Å². The predicted molar refractivity (Wildman–Crippen MR) is 48.8 cm³/mol. The first-order valence-electron chi connectivity index (χ1n) is 4.04. The Balaban J connectivity index is 3.03. The minimum Gasteiger partial charge on any atom is -0.477 e. The largest absolute Gasteiger partial charge is 0.477 e. The molecular formula is C9H9NO4. The molecule has 1 unspecified atom stereocenters. The van der Waals surface area contributed by atoms with E-state index in [-0.39, 0.29) is 11.3 Å². The van der Waals surface area contributed by atoms with Crippen LogP contribution in [0.2, 0.25) is 0 Å².